The molecule has 0 radical (unpaired) electrons. The summed E-state index contributed by atoms with van der Waals surface area (Å²) in [6.45, 7) is 5.31. The number of rotatable bonds is 6. The van der Waals surface area contributed by atoms with Crippen molar-refractivity contribution in [2.45, 2.75) is 46.1 Å². The zero-order valence-corrected chi connectivity index (χ0v) is 17.1. The van der Waals surface area contributed by atoms with E-state index in [0.29, 0.717) is 17.1 Å². The van der Waals surface area contributed by atoms with Crippen molar-refractivity contribution in [2.24, 2.45) is 5.73 Å². The molecule has 1 atom stereocenters. The molecular weight excluding hydrogens is 358 g/mol. The van der Waals surface area contributed by atoms with Gasteiger partial charge in [-0.15, -0.1) is 11.3 Å². The predicted octanol–water partition coefficient (Wildman–Crippen LogP) is 2.00. The molecule has 1 aromatic heterocycles. The minimum atomic E-state index is -0.444. The predicted molar refractivity (Wildman–Crippen MR) is 109 cm³/mol. The first-order valence-corrected chi connectivity index (χ1v) is 10.3. The summed E-state index contributed by atoms with van der Waals surface area (Å²) in [6, 6.07) is 6.40. The van der Waals surface area contributed by atoms with Crippen LogP contribution in [0.1, 0.15) is 50.3 Å². The summed E-state index contributed by atoms with van der Waals surface area (Å²) in [5.74, 6) is -0.529. The highest BCUT2D eigenvalue weighted by molar-refractivity contribution is 7.17. The summed E-state index contributed by atoms with van der Waals surface area (Å²) >= 11 is 1.51. The van der Waals surface area contributed by atoms with Gasteiger partial charge in [0.2, 0.25) is 0 Å². The molecule has 4 N–H and O–H groups in total. The zero-order chi connectivity index (χ0) is 19.6. The number of amides is 2. The second-order valence-electron chi connectivity index (χ2n) is 7.57. The Morgan fingerprint density at radius 3 is 2.67 bits per heavy atom. The lowest BCUT2D eigenvalue weighted by Gasteiger charge is -2.15. The number of anilines is 1. The molecular formula is C21H28N3O2S+. The molecule has 1 aromatic carbocycles. The Labute approximate surface area is 164 Å². The third-order valence-electron chi connectivity index (χ3n) is 5.12. The number of thiophene rings is 1. The number of hydrogen-bond donors (Lipinski definition) is 3. The molecule has 2 aromatic rings. The van der Waals surface area contributed by atoms with Gasteiger partial charge >= 0.3 is 0 Å². The molecule has 2 amide bonds. The molecule has 5 nitrogen and oxygen atoms in total. The van der Waals surface area contributed by atoms with Crippen LogP contribution in [-0.2, 0) is 24.2 Å². The molecule has 0 bridgehead atoms. The minimum Gasteiger partial charge on any atom is -0.365 e. The fraction of sp³-hybridized carbons (Fsp3) is 0.429. The Hall–Kier alpha value is -2.18. The van der Waals surface area contributed by atoms with E-state index in [4.69, 9.17) is 5.73 Å². The lowest BCUT2D eigenvalue weighted by atomic mass is 9.95. The van der Waals surface area contributed by atoms with Gasteiger partial charge in [-0.3, -0.25) is 9.59 Å². The van der Waals surface area contributed by atoms with Crippen molar-refractivity contribution in [3.8, 4) is 0 Å². The highest BCUT2D eigenvalue weighted by atomic mass is 32.1. The molecule has 1 aliphatic carbocycles. The van der Waals surface area contributed by atoms with Crippen LogP contribution >= 0.6 is 11.3 Å². The number of fused-ring (bicyclic) bond motifs is 1. The second-order valence-corrected chi connectivity index (χ2v) is 8.67. The molecule has 27 heavy (non-hydrogen) atoms. The minimum absolute atomic E-state index is 0.0849. The fourth-order valence-electron chi connectivity index (χ4n) is 3.79. The number of benzene rings is 1. The van der Waals surface area contributed by atoms with Gasteiger partial charge in [-0.05, 0) is 50.7 Å². The van der Waals surface area contributed by atoms with E-state index in [2.05, 4.69) is 37.4 Å². The average molecular weight is 387 g/mol. The molecule has 1 unspecified atom stereocenters. The van der Waals surface area contributed by atoms with Gasteiger partial charge in [-0.1, -0.05) is 23.8 Å². The maximum atomic E-state index is 12.6. The van der Waals surface area contributed by atoms with Crippen LogP contribution in [0.5, 0.6) is 0 Å². The van der Waals surface area contributed by atoms with Crippen LogP contribution in [0.25, 0.3) is 0 Å². The quantitative estimate of drug-likeness (QED) is 0.710. The van der Waals surface area contributed by atoms with E-state index in [1.54, 1.807) is 0 Å². The lowest BCUT2D eigenvalue weighted by molar-refractivity contribution is -0.885. The summed E-state index contributed by atoms with van der Waals surface area (Å²) in [6.07, 6.45) is 4.04. The molecule has 1 heterocycles. The van der Waals surface area contributed by atoms with Gasteiger partial charge in [0.25, 0.3) is 11.8 Å². The average Bonchev–Trinajstić information content (AvgIpc) is 2.95. The smallest absolute Gasteiger partial charge is 0.280 e. The van der Waals surface area contributed by atoms with E-state index in [1.165, 1.54) is 32.9 Å². The van der Waals surface area contributed by atoms with E-state index in [1.807, 2.05) is 7.05 Å². The van der Waals surface area contributed by atoms with Crippen LogP contribution in [0.3, 0.4) is 0 Å². The van der Waals surface area contributed by atoms with Gasteiger partial charge in [0.1, 0.15) is 11.5 Å². The van der Waals surface area contributed by atoms with Crippen molar-refractivity contribution in [2.75, 3.05) is 18.9 Å². The third-order valence-corrected chi connectivity index (χ3v) is 6.33. The summed E-state index contributed by atoms with van der Waals surface area (Å²) < 4.78 is 0. The Morgan fingerprint density at radius 2 is 1.96 bits per heavy atom. The number of carbonyl (C=O) groups is 2. The van der Waals surface area contributed by atoms with Crippen LogP contribution in [0.2, 0.25) is 0 Å². The number of hydrogen-bond acceptors (Lipinski definition) is 3. The maximum absolute atomic E-state index is 12.6. The summed E-state index contributed by atoms with van der Waals surface area (Å²) in [5.41, 5.74) is 10.9. The molecule has 0 fully saturated rings. The van der Waals surface area contributed by atoms with Crippen LogP contribution < -0.4 is 16.0 Å². The number of likely N-dealkylation sites (N-methyl/N-ethyl adjacent to an activating group) is 1. The number of primary amides is 1. The van der Waals surface area contributed by atoms with Crippen LogP contribution in [0.4, 0.5) is 5.00 Å². The van der Waals surface area contributed by atoms with E-state index < -0.39 is 5.91 Å². The monoisotopic (exact) mass is 386 g/mol. The van der Waals surface area contributed by atoms with Gasteiger partial charge in [-0.2, -0.15) is 0 Å². The van der Waals surface area contributed by atoms with Crippen molar-refractivity contribution in [1.29, 1.82) is 0 Å². The highest BCUT2D eigenvalue weighted by Crippen LogP contribution is 2.37. The molecule has 0 aliphatic heterocycles. The van der Waals surface area contributed by atoms with Gasteiger partial charge in [0, 0.05) is 10.4 Å². The largest absolute Gasteiger partial charge is 0.365 e. The van der Waals surface area contributed by atoms with Gasteiger partial charge in [-0.25, -0.2) is 0 Å². The van der Waals surface area contributed by atoms with E-state index in [0.717, 1.165) is 42.7 Å². The number of aryl methyl sites for hydroxylation is 3. The van der Waals surface area contributed by atoms with E-state index >= 15 is 0 Å². The maximum Gasteiger partial charge on any atom is 0.280 e. The standard InChI is InChI=1S/C21H27N3O2S/c1-13-8-9-15(14(2)10-13)11-24(3)12-18(25)23-21-19(20(22)26)16-6-4-5-7-17(16)27-21/h8-10H,4-7,11-12H2,1-3H3,(H2,22,26)(H,23,25)/p+1. The van der Waals surface area contributed by atoms with Crippen molar-refractivity contribution < 1.29 is 14.5 Å². The molecule has 0 saturated carbocycles. The molecule has 6 heteroatoms. The number of nitrogens with two attached hydrogens (primary N) is 1. The fourth-order valence-corrected chi connectivity index (χ4v) is 5.10. The zero-order valence-electron chi connectivity index (χ0n) is 16.3. The van der Waals surface area contributed by atoms with Crippen molar-refractivity contribution in [1.82, 2.24) is 0 Å². The Bertz CT molecular complexity index is 873. The van der Waals surface area contributed by atoms with Crippen LogP contribution in [-0.4, -0.2) is 25.4 Å². The summed E-state index contributed by atoms with van der Waals surface area (Å²) in [7, 11) is 2.01. The molecule has 3 rings (SSSR count). The molecule has 0 spiro atoms. The van der Waals surface area contributed by atoms with Gasteiger partial charge in [0.15, 0.2) is 6.54 Å². The van der Waals surface area contributed by atoms with E-state index in [-0.39, 0.29) is 5.91 Å². The van der Waals surface area contributed by atoms with Crippen LogP contribution in [0.15, 0.2) is 18.2 Å². The molecule has 144 valence electrons. The van der Waals surface area contributed by atoms with Gasteiger partial charge < -0.3 is 16.0 Å². The number of quaternary nitrogens is 1. The summed E-state index contributed by atoms with van der Waals surface area (Å²) in [5, 5.41) is 3.57. The number of carbonyl (C=O) groups excluding carboxylic acids is 2. The molecule has 0 saturated heterocycles. The van der Waals surface area contributed by atoms with Gasteiger partial charge in [0.05, 0.1) is 12.6 Å². The Kier molecular flexibility index (Phi) is 5.97. The van der Waals surface area contributed by atoms with Crippen molar-refractivity contribution in [3.63, 3.8) is 0 Å². The normalized spacial score (nSPS) is 14.5. The van der Waals surface area contributed by atoms with E-state index in [9.17, 15) is 9.59 Å². The van der Waals surface area contributed by atoms with Crippen LogP contribution in [0, 0.1) is 13.8 Å². The highest BCUT2D eigenvalue weighted by Gasteiger charge is 2.25. The first kappa shape index (κ1) is 19.6. The first-order chi connectivity index (χ1) is 12.8. The Balaban J connectivity index is 1.67. The molecule has 1 aliphatic rings. The SMILES string of the molecule is Cc1ccc(C[NH+](C)CC(=O)Nc2sc3c(c2C(N)=O)CCCC3)c(C)c1. The number of nitrogens with one attached hydrogen (secondary N) is 2. The summed E-state index contributed by atoms with van der Waals surface area (Å²) in [4.78, 5) is 26.8. The Morgan fingerprint density at radius 1 is 1.22 bits per heavy atom. The lowest BCUT2D eigenvalue weighted by Crippen LogP contribution is -3.08. The topological polar surface area (TPSA) is 76.6 Å². The third kappa shape index (κ3) is 4.57. The van der Waals surface area contributed by atoms with Crippen molar-refractivity contribution in [3.05, 3.63) is 50.9 Å². The second kappa shape index (κ2) is 8.23. The first-order valence-electron chi connectivity index (χ1n) is 9.46. The van der Waals surface area contributed by atoms with Crippen molar-refractivity contribution >= 4 is 28.2 Å².